The van der Waals surface area contributed by atoms with Gasteiger partial charge in [0.05, 0.1) is 12.2 Å². The van der Waals surface area contributed by atoms with Gasteiger partial charge in [0, 0.05) is 32.4 Å². The van der Waals surface area contributed by atoms with Gasteiger partial charge < -0.3 is 16.0 Å². The molecule has 2 amide bonds. The summed E-state index contributed by atoms with van der Waals surface area (Å²) in [7, 11) is 0. The Hall–Kier alpha value is -1.63. The summed E-state index contributed by atoms with van der Waals surface area (Å²) in [5.41, 5.74) is 6.18. The summed E-state index contributed by atoms with van der Waals surface area (Å²) in [6, 6.07) is -0.00540. The van der Waals surface area contributed by atoms with Crippen molar-refractivity contribution in [1.29, 1.82) is 0 Å². The highest BCUT2D eigenvalue weighted by Crippen LogP contribution is 1.98. The Morgan fingerprint density at radius 3 is 3.00 bits per heavy atom. The van der Waals surface area contributed by atoms with Gasteiger partial charge >= 0.3 is 6.03 Å². The van der Waals surface area contributed by atoms with Crippen LogP contribution in [0.1, 0.15) is 5.69 Å². The molecule has 0 aromatic carbocycles. The van der Waals surface area contributed by atoms with Crippen LogP contribution in [0.5, 0.6) is 0 Å². The number of amides is 2. The number of carbonyl (C=O) groups is 1. The molecule has 1 aliphatic rings. The van der Waals surface area contributed by atoms with E-state index in [1.165, 1.54) is 0 Å². The normalized spacial score (nSPS) is 15.8. The molecule has 2 rings (SSSR count). The maximum Gasteiger partial charge on any atom is 0.317 e. The van der Waals surface area contributed by atoms with Gasteiger partial charge in [-0.2, -0.15) is 0 Å². The van der Waals surface area contributed by atoms with E-state index in [9.17, 15) is 4.79 Å². The van der Waals surface area contributed by atoms with Crippen molar-refractivity contribution in [2.75, 3.05) is 19.6 Å². The summed E-state index contributed by atoms with van der Waals surface area (Å²) in [6.07, 6.45) is 1.80. The number of hydrogen-bond donors (Lipinski definition) is 2. The number of hydrogen-bond acceptors (Lipinski definition) is 4. The van der Waals surface area contributed by atoms with Gasteiger partial charge in [-0.15, -0.1) is 5.10 Å². The van der Waals surface area contributed by atoms with Crippen molar-refractivity contribution in [2.24, 2.45) is 5.73 Å². The number of nitrogens with zero attached hydrogens (tertiary/aromatic N) is 4. The summed E-state index contributed by atoms with van der Waals surface area (Å²) in [5, 5.41) is 10.5. The Balaban J connectivity index is 1.84. The van der Waals surface area contributed by atoms with Crippen LogP contribution in [0.3, 0.4) is 0 Å². The van der Waals surface area contributed by atoms with Crippen molar-refractivity contribution in [3.8, 4) is 0 Å². The lowest BCUT2D eigenvalue weighted by molar-refractivity contribution is 0.215. The molecule has 1 fully saturated rings. The van der Waals surface area contributed by atoms with E-state index < -0.39 is 0 Å². The second-order valence-electron chi connectivity index (χ2n) is 3.40. The predicted molar refractivity (Wildman–Crippen MR) is 52.9 cm³/mol. The molecule has 1 saturated heterocycles. The minimum Gasteiger partial charge on any atom is -0.336 e. The molecule has 1 aromatic heterocycles. The van der Waals surface area contributed by atoms with Gasteiger partial charge in [-0.05, 0) is 0 Å². The second-order valence-corrected chi connectivity index (χ2v) is 3.40. The van der Waals surface area contributed by atoms with Gasteiger partial charge in [-0.3, -0.25) is 4.68 Å². The molecule has 7 heteroatoms. The van der Waals surface area contributed by atoms with Crippen molar-refractivity contribution < 1.29 is 4.79 Å². The van der Waals surface area contributed by atoms with Gasteiger partial charge in [0.25, 0.3) is 0 Å². The number of urea groups is 1. The Labute approximate surface area is 87.2 Å². The maximum absolute atomic E-state index is 11.2. The van der Waals surface area contributed by atoms with Crippen LogP contribution in [-0.2, 0) is 13.1 Å². The Kier molecular flexibility index (Phi) is 2.82. The lowest BCUT2D eigenvalue weighted by Gasteiger charge is -2.12. The van der Waals surface area contributed by atoms with E-state index >= 15 is 0 Å². The molecule has 7 nitrogen and oxygen atoms in total. The lowest BCUT2D eigenvalue weighted by Crippen LogP contribution is -2.31. The molecule has 1 aromatic rings. The van der Waals surface area contributed by atoms with Crippen LogP contribution in [0.25, 0.3) is 0 Å². The summed E-state index contributed by atoms with van der Waals surface area (Å²) >= 11 is 0. The number of aromatic nitrogens is 3. The molecule has 1 aliphatic heterocycles. The number of carbonyl (C=O) groups excluding carboxylic acids is 1. The lowest BCUT2D eigenvalue weighted by atomic mass is 10.5. The van der Waals surface area contributed by atoms with Crippen molar-refractivity contribution in [3.63, 3.8) is 0 Å². The Morgan fingerprint density at radius 2 is 2.40 bits per heavy atom. The van der Waals surface area contributed by atoms with E-state index in [0.717, 1.165) is 18.8 Å². The molecule has 0 bridgehead atoms. The zero-order valence-corrected chi connectivity index (χ0v) is 8.39. The fourth-order valence-electron chi connectivity index (χ4n) is 1.49. The monoisotopic (exact) mass is 210 g/mol. The maximum atomic E-state index is 11.2. The predicted octanol–water partition coefficient (Wildman–Crippen LogP) is -1.24. The van der Waals surface area contributed by atoms with E-state index in [4.69, 9.17) is 5.73 Å². The SMILES string of the molecule is NCc1cn(CCN2CCNC2=O)nn1. The standard InChI is InChI=1S/C8H14N6O/c9-5-7-6-14(12-11-7)4-3-13-2-1-10-8(13)15/h6H,1-5,9H2,(H,10,15). The highest BCUT2D eigenvalue weighted by Gasteiger charge is 2.18. The Morgan fingerprint density at radius 1 is 1.53 bits per heavy atom. The molecule has 0 atom stereocenters. The number of nitrogens with one attached hydrogen (secondary N) is 1. The molecule has 82 valence electrons. The first-order chi connectivity index (χ1) is 7.29. The van der Waals surface area contributed by atoms with Crippen molar-refractivity contribution in [2.45, 2.75) is 13.1 Å². The van der Waals surface area contributed by atoms with Crippen LogP contribution in [-0.4, -0.2) is 45.6 Å². The summed E-state index contributed by atoms with van der Waals surface area (Å²) < 4.78 is 1.70. The van der Waals surface area contributed by atoms with E-state index in [-0.39, 0.29) is 6.03 Å². The van der Waals surface area contributed by atoms with Gasteiger partial charge in [-0.1, -0.05) is 5.21 Å². The number of nitrogens with two attached hydrogens (primary N) is 1. The third-order valence-corrected chi connectivity index (χ3v) is 2.34. The van der Waals surface area contributed by atoms with Gasteiger partial charge in [0.1, 0.15) is 0 Å². The topological polar surface area (TPSA) is 89.1 Å². The van der Waals surface area contributed by atoms with Crippen LogP contribution in [0.4, 0.5) is 4.79 Å². The zero-order valence-electron chi connectivity index (χ0n) is 8.39. The summed E-state index contributed by atoms with van der Waals surface area (Å²) in [4.78, 5) is 13.0. The smallest absolute Gasteiger partial charge is 0.317 e. The molecule has 0 saturated carbocycles. The Bertz CT molecular complexity index is 349. The van der Waals surface area contributed by atoms with Crippen molar-refractivity contribution in [3.05, 3.63) is 11.9 Å². The van der Waals surface area contributed by atoms with E-state index in [1.54, 1.807) is 15.8 Å². The van der Waals surface area contributed by atoms with Gasteiger partial charge in [-0.25, -0.2) is 4.79 Å². The van der Waals surface area contributed by atoms with Crippen molar-refractivity contribution in [1.82, 2.24) is 25.2 Å². The molecular formula is C8H14N6O. The van der Waals surface area contributed by atoms with Gasteiger partial charge in [0.15, 0.2) is 0 Å². The third-order valence-electron chi connectivity index (χ3n) is 2.34. The van der Waals surface area contributed by atoms with Crippen LogP contribution >= 0.6 is 0 Å². The molecule has 0 aliphatic carbocycles. The highest BCUT2D eigenvalue weighted by atomic mass is 16.2. The largest absolute Gasteiger partial charge is 0.336 e. The molecule has 2 heterocycles. The van der Waals surface area contributed by atoms with E-state index in [1.807, 2.05) is 0 Å². The number of rotatable bonds is 4. The fraction of sp³-hybridized carbons (Fsp3) is 0.625. The molecule has 3 N–H and O–H groups in total. The zero-order chi connectivity index (χ0) is 10.7. The van der Waals surface area contributed by atoms with Gasteiger partial charge in [0.2, 0.25) is 0 Å². The summed E-state index contributed by atoms with van der Waals surface area (Å²) in [6.45, 7) is 3.19. The van der Waals surface area contributed by atoms with Crippen LogP contribution < -0.4 is 11.1 Å². The summed E-state index contributed by atoms with van der Waals surface area (Å²) in [5.74, 6) is 0. The highest BCUT2D eigenvalue weighted by molar-refractivity contribution is 5.76. The average Bonchev–Trinajstić information content (AvgIpc) is 2.84. The fourth-order valence-corrected chi connectivity index (χ4v) is 1.49. The quantitative estimate of drug-likeness (QED) is 0.650. The molecule has 0 spiro atoms. The molecule has 15 heavy (non-hydrogen) atoms. The van der Waals surface area contributed by atoms with E-state index in [0.29, 0.717) is 19.6 Å². The first-order valence-corrected chi connectivity index (χ1v) is 4.91. The first kappa shape index (κ1) is 9.91. The van der Waals surface area contributed by atoms with Crippen molar-refractivity contribution >= 4 is 6.03 Å². The third kappa shape index (κ3) is 2.24. The molecule has 0 unspecified atom stereocenters. The van der Waals surface area contributed by atoms with Crippen LogP contribution in [0, 0.1) is 0 Å². The minimum atomic E-state index is -0.00540. The molecular weight excluding hydrogens is 196 g/mol. The van der Waals surface area contributed by atoms with Crippen LogP contribution in [0.15, 0.2) is 6.20 Å². The second kappa shape index (κ2) is 4.26. The molecule has 0 radical (unpaired) electrons. The average molecular weight is 210 g/mol. The minimum absolute atomic E-state index is 0.00540. The van der Waals surface area contributed by atoms with Crippen LogP contribution in [0.2, 0.25) is 0 Å². The van der Waals surface area contributed by atoms with E-state index in [2.05, 4.69) is 15.6 Å². The first-order valence-electron chi connectivity index (χ1n) is 4.91.